The van der Waals surface area contributed by atoms with Crippen LogP contribution in [-0.4, -0.2) is 33.0 Å². The Bertz CT molecular complexity index is 1320. The quantitative estimate of drug-likeness (QED) is 0.214. The van der Waals surface area contributed by atoms with Crippen LogP contribution < -0.4 is 4.74 Å². The Kier molecular flexibility index (Phi) is 8.26. The Balaban J connectivity index is 1.44. The van der Waals surface area contributed by atoms with Crippen LogP contribution in [0.25, 0.3) is 16.9 Å². The van der Waals surface area contributed by atoms with E-state index >= 15 is 0 Å². The van der Waals surface area contributed by atoms with Crippen LogP contribution in [0.1, 0.15) is 42.6 Å². The third kappa shape index (κ3) is 6.31. The summed E-state index contributed by atoms with van der Waals surface area (Å²) >= 11 is 9.86. The van der Waals surface area contributed by atoms with Crippen molar-refractivity contribution in [2.45, 2.75) is 39.2 Å². The summed E-state index contributed by atoms with van der Waals surface area (Å²) in [5.74, 6) is 0.603. The normalized spacial score (nSPS) is 12.3. The molecule has 0 amide bonds. The Morgan fingerprint density at radius 1 is 1.17 bits per heavy atom. The second-order valence-electron chi connectivity index (χ2n) is 8.93. The molecule has 0 unspecified atom stereocenters. The van der Waals surface area contributed by atoms with Gasteiger partial charge in [-0.25, -0.2) is 4.98 Å². The summed E-state index contributed by atoms with van der Waals surface area (Å²) < 4.78 is 8.60. The van der Waals surface area contributed by atoms with E-state index in [-0.39, 0.29) is 24.4 Å². The maximum atomic E-state index is 13.0. The predicted molar refractivity (Wildman–Crippen MR) is 143 cm³/mol. The zero-order valence-electron chi connectivity index (χ0n) is 19.7. The fourth-order valence-electron chi connectivity index (χ4n) is 4.13. The number of benzene rings is 2. The number of nitrogens with zero attached hydrogens (tertiary/aromatic N) is 2. The average molecular weight is 556 g/mol. The van der Waals surface area contributed by atoms with Crippen LogP contribution in [0.2, 0.25) is 5.02 Å². The fraction of sp³-hybridized carbons (Fsp3) is 0.286. The first-order valence-electron chi connectivity index (χ1n) is 11.7. The van der Waals surface area contributed by atoms with Gasteiger partial charge in [0.15, 0.2) is 11.4 Å². The van der Waals surface area contributed by atoms with Gasteiger partial charge in [-0.3, -0.25) is 4.79 Å². The number of carbonyl (C=O) groups is 1. The van der Waals surface area contributed by atoms with Gasteiger partial charge in [0.05, 0.1) is 21.3 Å². The summed E-state index contributed by atoms with van der Waals surface area (Å²) in [5, 5.41) is 10.0. The maximum Gasteiger partial charge on any atom is 0.163 e. The molecular weight excluding hydrogens is 528 g/mol. The van der Waals surface area contributed by atoms with Gasteiger partial charge in [-0.1, -0.05) is 35.9 Å². The summed E-state index contributed by atoms with van der Waals surface area (Å²) in [5.41, 5.74) is 4.47. The van der Waals surface area contributed by atoms with E-state index in [1.54, 1.807) is 18.2 Å². The number of ketones is 1. The van der Waals surface area contributed by atoms with Crippen molar-refractivity contribution in [1.82, 2.24) is 9.38 Å². The third-order valence-corrected chi connectivity index (χ3v) is 6.75. The van der Waals surface area contributed by atoms with Crippen LogP contribution in [0.5, 0.6) is 5.75 Å². The largest absolute Gasteiger partial charge is 0.489 e. The van der Waals surface area contributed by atoms with E-state index < -0.39 is 0 Å². The Morgan fingerprint density at radius 3 is 2.60 bits per heavy atom. The SMILES string of the molecule is CC(C)Oc1ccc(C(=O)C[C@H](CCO)Cc2ccc(-c3cn4cccc(Br)c4n3)cc2)cc1Cl. The number of halogens is 2. The van der Waals surface area contributed by atoms with Crippen molar-refractivity contribution in [2.24, 2.45) is 5.92 Å². The van der Waals surface area contributed by atoms with Crippen molar-refractivity contribution in [3.63, 3.8) is 0 Å². The Labute approximate surface area is 218 Å². The molecule has 0 saturated carbocycles. The minimum Gasteiger partial charge on any atom is -0.489 e. The summed E-state index contributed by atoms with van der Waals surface area (Å²) in [6.07, 6.45) is 5.57. The molecule has 0 saturated heterocycles. The molecule has 5 nitrogen and oxygen atoms in total. The summed E-state index contributed by atoms with van der Waals surface area (Å²) in [7, 11) is 0. The number of hydrogen-bond donors (Lipinski definition) is 1. The van der Waals surface area contributed by atoms with Crippen molar-refractivity contribution in [2.75, 3.05) is 6.61 Å². The number of ether oxygens (including phenoxy) is 1. The fourth-order valence-corrected chi connectivity index (χ4v) is 4.80. The summed E-state index contributed by atoms with van der Waals surface area (Å²) in [6.45, 7) is 3.89. The first-order chi connectivity index (χ1) is 16.8. The van der Waals surface area contributed by atoms with E-state index in [0.29, 0.717) is 35.6 Å². The monoisotopic (exact) mass is 554 g/mol. The van der Waals surface area contributed by atoms with E-state index in [2.05, 4.69) is 40.2 Å². The molecule has 0 aliphatic carbocycles. The number of aromatic nitrogens is 2. The van der Waals surface area contributed by atoms with Gasteiger partial charge >= 0.3 is 0 Å². The second-order valence-corrected chi connectivity index (χ2v) is 10.2. The van der Waals surface area contributed by atoms with Crippen LogP contribution in [0.15, 0.2) is 71.5 Å². The molecule has 1 atom stereocenters. The lowest BCUT2D eigenvalue weighted by molar-refractivity contribution is 0.0953. The van der Waals surface area contributed by atoms with Gasteiger partial charge in [-0.05, 0) is 84.4 Å². The molecule has 0 spiro atoms. The number of rotatable bonds is 10. The lowest BCUT2D eigenvalue weighted by Gasteiger charge is -2.16. The predicted octanol–water partition coefficient (Wildman–Crippen LogP) is 7.02. The number of aliphatic hydroxyl groups excluding tert-OH is 1. The standard InChI is InChI=1S/C28H28BrClN2O3/c1-18(2)35-27-10-9-22(16-24(27)30)26(34)15-20(11-13-33)14-19-5-7-21(8-6-19)25-17-32-12-3-4-23(29)28(32)31-25/h3-10,12,16-18,20,33H,11,13-15H2,1-2H3/t20-/m1/s1. The first kappa shape index (κ1) is 25.4. The molecule has 2 heterocycles. The number of hydrogen-bond acceptors (Lipinski definition) is 4. The van der Waals surface area contributed by atoms with Crippen molar-refractivity contribution in [3.8, 4) is 17.0 Å². The van der Waals surface area contributed by atoms with Crippen molar-refractivity contribution < 1.29 is 14.6 Å². The number of pyridine rings is 1. The molecule has 2 aromatic heterocycles. The number of Topliss-reactive ketones (excluding diaryl/α,β-unsaturated/α-hetero) is 1. The van der Waals surface area contributed by atoms with E-state index in [0.717, 1.165) is 26.9 Å². The Hall–Kier alpha value is -2.67. The molecule has 7 heteroatoms. The molecule has 0 aliphatic heterocycles. The topological polar surface area (TPSA) is 63.8 Å². The number of carbonyl (C=O) groups excluding carboxylic acids is 1. The molecule has 0 bridgehead atoms. The zero-order valence-corrected chi connectivity index (χ0v) is 22.1. The van der Waals surface area contributed by atoms with Crippen LogP contribution >= 0.6 is 27.5 Å². The Morgan fingerprint density at radius 2 is 1.94 bits per heavy atom. The molecule has 2 aromatic carbocycles. The minimum atomic E-state index is 0.00366. The molecule has 182 valence electrons. The molecule has 4 rings (SSSR count). The highest BCUT2D eigenvalue weighted by molar-refractivity contribution is 9.10. The highest BCUT2D eigenvalue weighted by Crippen LogP contribution is 2.29. The molecule has 0 fully saturated rings. The van der Waals surface area contributed by atoms with Gasteiger partial charge in [-0.15, -0.1) is 0 Å². The molecule has 4 aromatic rings. The van der Waals surface area contributed by atoms with Crippen molar-refractivity contribution in [3.05, 3.63) is 87.6 Å². The van der Waals surface area contributed by atoms with E-state index in [9.17, 15) is 9.90 Å². The van der Waals surface area contributed by atoms with E-state index in [1.165, 1.54) is 0 Å². The van der Waals surface area contributed by atoms with Crippen LogP contribution in [-0.2, 0) is 6.42 Å². The molecule has 0 aliphatic rings. The molecule has 0 radical (unpaired) electrons. The molecular formula is C28H28BrClN2O3. The summed E-state index contributed by atoms with van der Waals surface area (Å²) in [6, 6.07) is 17.3. The van der Waals surface area contributed by atoms with E-state index in [1.807, 2.05) is 42.8 Å². The maximum absolute atomic E-state index is 13.0. The van der Waals surface area contributed by atoms with E-state index in [4.69, 9.17) is 21.3 Å². The number of imidazole rings is 1. The minimum absolute atomic E-state index is 0.00366. The number of aliphatic hydroxyl groups is 1. The van der Waals surface area contributed by atoms with Gasteiger partial charge in [0.1, 0.15) is 5.75 Å². The molecule has 35 heavy (non-hydrogen) atoms. The smallest absolute Gasteiger partial charge is 0.163 e. The lowest BCUT2D eigenvalue weighted by Crippen LogP contribution is -2.13. The average Bonchev–Trinajstić information content (AvgIpc) is 3.26. The highest BCUT2D eigenvalue weighted by atomic mass is 79.9. The van der Waals surface area contributed by atoms with Gasteiger partial charge in [0, 0.05) is 36.5 Å². The lowest BCUT2D eigenvalue weighted by atomic mass is 9.89. The van der Waals surface area contributed by atoms with Gasteiger partial charge in [-0.2, -0.15) is 0 Å². The van der Waals surface area contributed by atoms with Crippen molar-refractivity contribution in [1.29, 1.82) is 0 Å². The first-order valence-corrected chi connectivity index (χ1v) is 12.8. The second kappa shape index (κ2) is 11.4. The third-order valence-electron chi connectivity index (χ3n) is 5.84. The zero-order chi connectivity index (χ0) is 24.9. The van der Waals surface area contributed by atoms with Crippen LogP contribution in [0.3, 0.4) is 0 Å². The van der Waals surface area contributed by atoms with Gasteiger partial charge < -0.3 is 14.2 Å². The van der Waals surface area contributed by atoms with Gasteiger partial charge in [0.25, 0.3) is 0 Å². The van der Waals surface area contributed by atoms with Crippen LogP contribution in [0.4, 0.5) is 0 Å². The van der Waals surface area contributed by atoms with Crippen molar-refractivity contribution >= 4 is 39.0 Å². The molecule has 1 N–H and O–H groups in total. The van der Waals surface area contributed by atoms with Crippen LogP contribution in [0, 0.1) is 5.92 Å². The highest BCUT2D eigenvalue weighted by Gasteiger charge is 2.18. The summed E-state index contributed by atoms with van der Waals surface area (Å²) in [4.78, 5) is 17.7. The number of fused-ring (bicyclic) bond motifs is 1. The van der Waals surface area contributed by atoms with Gasteiger partial charge in [0.2, 0.25) is 0 Å².